The highest BCUT2D eigenvalue weighted by atomic mass is 16.3. The summed E-state index contributed by atoms with van der Waals surface area (Å²) >= 11 is 0. The van der Waals surface area contributed by atoms with Crippen molar-refractivity contribution in [1.82, 2.24) is 0 Å². The third-order valence-corrected chi connectivity index (χ3v) is 3.12. The van der Waals surface area contributed by atoms with Crippen LogP contribution in [0.4, 0.5) is 0 Å². The Morgan fingerprint density at radius 3 is 1.14 bits per heavy atom. The van der Waals surface area contributed by atoms with Crippen molar-refractivity contribution in [2.24, 2.45) is 11.5 Å². The van der Waals surface area contributed by atoms with Crippen molar-refractivity contribution in [3.05, 3.63) is 0 Å². The Labute approximate surface area is 132 Å². The standard InChI is InChI=1S/2C8H19N.CH2O2/c2*1-2-3-4-5-6-7-8-9;2-1-3/h2*2-9H2,1H3;1H,(H,2,3). The van der Waals surface area contributed by atoms with Gasteiger partial charge < -0.3 is 16.6 Å². The van der Waals surface area contributed by atoms with Gasteiger partial charge >= 0.3 is 0 Å². The highest BCUT2D eigenvalue weighted by Crippen LogP contribution is 2.03. The Balaban J connectivity index is -0.000000260. The molecular weight excluding hydrogens is 264 g/mol. The van der Waals surface area contributed by atoms with Gasteiger partial charge in [-0.15, -0.1) is 0 Å². The topological polar surface area (TPSA) is 89.3 Å². The van der Waals surface area contributed by atoms with Crippen LogP contribution in [-0.2, 0) is 4.79 Å². The van der Waals surface area contributed by atoms with Crippen molar-refractivity contribution in [3.63, 3.8) is 0 Å². The SMILES string of the molecule is CCCCCCCCN.CCCCCCCCN.O=CO. The van der Waals surface area contributed by atoms with E-state index < -0.39 is 0 Å². The molecule has 0 aromatic carbocycles. The van der Waals surface area contributed by atoms with E-state index in [1.54, 1.807) is 0 Å². The Kier molecular flexibility index (Phi) is 38.2. The largest absolute Gasteiger partial charge is 0.483 e. The van der Waals surface area contributed by atoms with Gasteiger partial charge in [0.15, 0.2) is 0 Å². The zero-order chi connectivity index (χ0) is 16.6. The van der Waals surface area contributed by atoms with Gasteiger partial charge in [-0.2, -0.15) is 0 Å². The van der Waals surface area contributed by atoms with Crippen LogP contribution in [0.2, 0.25) is 0 Å². The van der Waals surface area contributed by atoms with Gasteiger partial charge in [-0.05, 0) is 25.9 Å². The number of carboxylic acid groups (broad SMARTS) is 1. The van der Waals surface area contributed by atoms with Crippen LogP contribution < -0.4 is 11.5 Å². The second-order valence-corrected chi connectivity index (χ2v) is 5.22. The molecular formula is C17H40N2O2. The summed E-state index contributed by atoms with van der Waals surface area (Å²) in [7, 11) is 0. The summed E-state index contributed by atoms with van der Waals surface area (Å²) in [6.45, 7) is 5.96. The van der Waals surface area contributed by atoms with Gasteiger partial charge in [0.2, 0.25) is 0 Å². The highest BCUT2D eigenvalue weighted by Gasteiger charge is 1.86. The van der Waals surface area contributed by atoms with Crippen LogP contribution in [0.25, 0.3) is 0 Å². The van der Waals surface area contributed by atoms with Gasteiger partial charge in [0.25, 0.3) is 6.47 Å². The second kappa shape index (κ2) is 31.7. The van der Waals surface area contributed by atoms with Crippen LogP contribution in [0, 0.1) is 0 Å². The summed E-state index contributed by atoms with van der Waals surface area (Å²) < 4.78 is 0. The molecule has 4 nitrogen and oxygen atoms in total. The summed E-state index contributed by atoms with van der Waals surface area (Å²) in [6.07, 6.45) is 16.1. The number of carbonyl (C=O) groups is 1. The maximum atomic E-state index is 8.36. The molecule has 5 N–H and O–H groups in total. The predicted octanol–water partition coefficient (Wildman–Crippen LogP) is 4.31. The van der Waals surface area contributed by atoms with E-state index in [2.05, 4.69) is 13.8 Å². The molecule has 0 saturated heterocycles. The summed E-state index contributed by atoms with van der Waals surface area (Å²) in [5.74, 6) is 0. The summed E-state index contributed by atoms with van der Waals surface area (Å²) in [5.41, 5.74) is 10.7. The molecule has 0 radical (unpaired) electrons. The lowest BCUT2D eigenvalue weighted by Crippen LogP contribution is -1.97. The molecule has 0 heterocycles. The van der Waals surface area contributed by atoms with Crippen LogP contribution in [0.5, 0.6) is 0 Å². The minimum Gasteiger partial charge on any atom is -0.483 e. The van der Waals surface area contributed by atoms with E-state index in [1.165, 1.54) is 77.0 Å². The van der Waals surface area contributed by atoms with Gasteiger partial charge in [-0.3, -0.25) is 4.79 Å². The lowest BCUT2D eigenvalue weighted by atomic mass is 10.1. The van der Waals surface area contributed by atoms with Gasteiger partial charge in [-0.1, -0.05) is 78.1 Å². The van der Waals surface area contributed by atoms with Gasteiger partial charge in [0.1, 0.15) is 0 Å². The molecule has 0 saturated carbocycles. The lowest BCUT2D eigenvalue weighted by Gasteiger charge is -1.96. The van der Waals surface area contributed by atoms with E-state index in [1.807, 2.05) is 0 Å². The van der Waals surface area contributed by atoms with Crippen molar-refractivity contribution >= 4 is 6.47 Å². The monoisotopic (exact) mass is 304 g/mol. The molecule has 0 bridgehead atoms. The van der Waals surface area contributed by atoms with Crippen molar-refractivity contribution in [2.75, 3.05) is 13.1 Å². The van der Waals surface area contributed by atoms with Gasteiger partial charge in [0, 0.05) is 0 Å². The zero-order valence-electron chi connectivity index (χ0n) is 14.5. The maximum Gasteiger partial charge on any atom is 0.290 e. The van der Waals surface area contributed by atoms with E-state index >= 15 is 0 Å². The van der Waals surface area contributed by atoms with Crippen molar-refractivity contribution < 1.29 is 9.90 Å². The minimum atomic E-state index is -0.250. The van der Waals surface area contributed by atoms with Gasteiger partial charge in [-0.25, -0.2) is 0 Å². The van der Waals surface area contributed by atoms with E-state index in [0.717, 1.165) is 13.1 Å². The predicted molar refractivity (Wildman–Crippen MR) is 93.6 cm³/mol. The first-order valence-corrected chi connectivity index (χ1v) is 8.72. The number of hydrogen-bond donors (Lipinski definition) is 3. The van der Waals surface area contributed by atoms with Crippen molar-refractivity contribution in [3.8, 4) is 0 Å². The van der Waals surface area contributed by atoms with E-state index in [0.29, 0.717) is 0 Å². The normalized spacial score (nSPS) is 9.14. The van der Waals surface area contributed by atoms with E-state index in [-0.39, 0.29) is 6.47 Å². The van der Waals surface area contributed by atoms with Crippen molar-refractivity contribution in [1.29, 1.82) is 0 Å². The Bertz CT molecular complexity index is 130. The smallest absolute Gasteiger partial charge is 0.290 e. The molecule has 0 atom stereocenters. The molecule has 4 heteroatoms. The Morgan fingerprint density at radius 1 is 0.667 bits per heavy atom. The van der Waals surface area contributed by atoms with Crippen molar-refractivity contribution in [2.45, 2.75) is 90.9 Å². The highest BCUT2D eigenvalue weighted by molar-refractivity contribution is 5.32. The third kappa shape index (κ3) is 45.2. The number of nitrogens with two attached hydrogens (primary N) is 2. The van der Waals surface area contributed by atoms with E-state index in [9.17, 15) is 0 Å². The Morgan fingerprint density at radius 2 is 0.905 bits per heavy atom. The first kappa shape index (κ1) is 25.3. The second-order valence-electron chi connectivity index (χ2n) is 5.22. The zero-order valence-corrected chi connectivity index (χ0v) is 14.5. The van der Waals surface area contributed by atoms with Gasteiger partial charge in [0.05, 0.1) is 0 Å². The fourth-order valence-corrected chi connectivity index (χ4v) is 1.85. The molecule has 0 rings (SSSR count). The minimum absolute atomic E-state index is 0.250. The molecule has 0 aromatic rings. The fourth-order valence-electron chi connectivity index (χ4n) is 1.85. The van der Waals surface area contributed by atoms with Crippen LogP contribution in [0.15, 0.2) is 0 Å². The average Bonchev–Trinajstić information content (AvgIpc) is 2.49. The summed E-state index contributed by atoms with van der Waals surface area (Å²) in [6, 6.07) is 0. The van der Waals surface area contributed by atoms with Crippen LogP contribution in [-0.4, -0.2) is 24.7 Å². The lowest BCUT2D eigenvalue weighted by molar-refractivity contribution is -0.122. The molecule has 0 aromatic heterocycles. The number of rotatable bonds is 12. The summed E-state index contributed by atoms with van der Waals surface area (Å²) in [5, 5.41) is 6.89. The molecule has 0 spiro atoms. The average molecular weight is 305 g/mol. The molecule has 21 heavy (non-hydrogen) atoms. The van der Waals surface area contributed by atoms with Crippen LogP contribution in [0.3, 0.4) is 0 Å². The summed E-state index contributed by atoms with van der Waals surface area (Å²) in [4.78, 5) is 8.36. The van der Waals surface area contributed by atoms with Crippen LogP contribution >= 0.6 is 0 Å². The molecule has 0 unspecified atom stereocenters. The molecule has 0 aliphatic carbocycles. The first-order chi connectivity index (χ1) is 10.2. The molecule has 0 fully saturated rings. The molecule has 130 valence electrons. The molecule has 0 amide bonds. The first-order valence-electron chi connectivity index (χ1n) is 8.72. The number of unbranched alkanes of at least 4 members (excludes halogenated alkanes) is 10. The Hall–Kier alpha value is -0.610. The maximum absolute atomic E-state index is 8.36. The third-order valence-electron chi connectivity index (χ3n) is 3.12. The van der Waals surface area contributed by atoms with E-state index in [4.69, 9.17) is 21.4 Å². The van der Waals surface area contributed by atoms with Crippen LogP contribution in [0.1, 0.15) is 90.9 Å². The fraction of sp³-hybridized carbons (Fsp3) is 0.941. The number of hydrogen-bond acceptors (Lipinski definition) is 3. The molecule has 0 aliphatic heterocycles. The molecule has 0 aliphatic rings. The quantitative estimate of drug-likeness (QED) is 0.370.